The summed E-state index contributed by atoms with van der Waals surface area (Å²) in [7, 11) is 0. The second-order valence-electron chi connectivity index (χ2n) is 5.24. The van der Waals surface area contributed by atoms with E-state index in [1.165, 1.54) is 23.6 Å². The number of aryl methyl sites for hydroxylation is 2. The van der Waals surface area contributed by atoms with Crippen molar-refractivity contribution in [2.75, 3.05) is 6.61 Å². The van der Waals surface area contributed by atoms with Gasteiger partial charge in [-0.3, -0.25) is 0 Å². The molecule has 1 heterocycles. The summed E-state index contributed by atoms with van der Waals surface area (Å²) in [4.78, 5) is 26.0. The fourth-order valence-corrected chi connectivity index (χ4v) is 2.15. The first-order chi connectivity index (χ1) is 12.1. The van der Waals surface area contributed by atoms with Gasteiger partial charge in [0.25, 0.3) is 0 Å². The number of nitro groups is 1. The average Bonchev–Trinajstić information content (AvgIpc) is 2.89. The Morgan fingerprint density at radius 3 is 2.65 bits per heavy atom. The highest BCUT2D eigenvalue weighted by Crippen LogP contribution is 2.27. The van der Waals surface area contributed by atoms with E-state index in [-0.39, 0.29) is 30.1 Å². The van der Waals surface area contributed by atoms with Gasteiger partial charge in [0.15, 0.2) is 5.82 Å². The first-order valence-corrected chi connectivity index (χ1v) is 7.28. The van der Waals surface area contributed by atoms with E-state index >= 15 is 0 Å². The Morgan fingerprint density at radius 1 is 1.35 bits per heavy atom. The Hall–Kier alpha value is -3.11. The lowest BCUT2D eigenvalue weighted by atomic mass is 10.1. The third-order valence-electron chi connectivity index (χ3n) is 3.42. The number of ether oxygens (including phenoxy) is 2. The number of carbonyl (C=O) groups is 1. The van der Waals surface area contributed by atoms with Crippen molar-refractivity contribution in [1.82, 2.24) is 9.55 Å². The summed E-state index contributed by atoms with van der Waals surface area (Å²) in [6, 6.07) is 3.52. The second-order valence-corrected chi connectivity index (χ2v) is 5.24. The lowest BCUT2D eigenvalue weighted by molar-refractivity contribution is -0.392. The summed E-state index contributed by atoms with van der Waals surface area (Å²) >= 11 is 0. The zero-order chi connectivity index (χ0) is 19.5. The lowest BCUT2D eigenvalue weighted by Gasteiger charge is -2.12. The van der Waals surface area contributed by atoms with Crippen LogP contribution in [0.3, 0.4) is 0 Å². The molecule has 140 valence electrons. The van der Waals surface area contributed by atoms with Gasteiger partial charge in [-0.1, -0.05) is 6.07 Å². The van der Waals surface area contributed by atoms with Crippen LogP contribution in [0.5, 0.6) is 5.75 Å². The van der Waals surface area contributed by atoms with Crippen molar-refractivity contribution in [2.45, 2.75) is 26.8 Å². The van der Waals surface area contributed by atoms with Crippen LogP contribution in [-0.2, 0) is 11.3 Å². The molecule has 0 amide bonds. The smallest absolute Gasteiger partial charge is 0.458 e. The third-order valence-corrected chi connectivity index (χ3v) is 3.42. The van der Waals surface area contributed by atoms with Crippen LogP contribution in [-0.4, -0.2) is 33.4 Å². The van der Waals surface area contributed by atoms with Gasteiger partial charge in [0, 0.05) is 6.92 Å². The van der Waals surface area contributed by atoms with Crippen LogP contribution in [0.2, 0.25) is 0 Å². The fourth-order valence-electron chi connectivity index (χ4n) is 2.15. The summed E-state index contributed by atoms with van der Waals surface area (Å²) in [6.45, 7) is 2.71. The molecule has 0 saturated carbocycles. The van der Waals surface area contributed by atoms with Gasteiger partial charge in [0.1, 0.15) is 25.1 Å². The molecule has 0 unspecified atom stereocenters. The highest BCUT2D eigenvalue weighted by molar-refractivity contribution is 5.90. The maximum atomic E-state index is 12.4. The third kappa shape index (κ3) is 4.71. The van der Waals surface area contributed by atoms with Gasteiger partial charge in [-0.15, -0.1) is 13.2 Å². The van der Waals surface area contributed by atoms with Crippen molar-refractivity contribution in [3.63, 3.8) is 0 Å². The minimum atomic E-state index is -4.88. The number of rotatable bonds is 6. The maximum Gasteiger partial charge on any atom is 0.573 e. The van der Waals surface area contributed by atoms with Crippen LogP contribution < -0.4 is 4.74 Å². The van der Waals surface area contributed by atoms with E-state index in [0.717, 1.165) is 12.3 Å². The minimum Gasteiger partial charge on any atom is -0.458 e. The predicted molar refractivity (Wildman–Crippen MR) is 81.8 cm³/mol. The number of benzene rings is 1. The van der Waals surface area contributed by atoms with Gasteiger partial charge < -0.3 is 19.6 Å². The van der Waals surface area contributed by atoms with Crippen LogP contribution in [0.25, 0.3) is 0 Å². The Balaban J connectivity index is 2.04. The molecule has 0 N–H and O–H groups in total. The van der Waals surface area contributed by atoms with Crippen LogP contribution >= 0.6 is 0 Å². The zero-order valence-corrected chi connectivity index (χ0v) is 13.7. The van der Waals surface area contributed by atoms with Gasteiger partial charge in [0.2, 0.25) is 0 Å². The number of hydrogen-bond donors (Lipinski definition) is 0. The lowest BCUT2D eigenvalue weighted by Crippen LogP contribution is -2.18. The number of carbonyl (C=O) groups excluding carboxylic acids is 1. The minimum absolute atomic E-state index is 0.0222. The molecule has 0 bridgehead atoms. The van der Waals surface area contributed by atoms with Crippen LogP contribution in [0.4, 0.5) is 19.0 Å². The van der Waals surface area contributed by atoms with E-state index in [1.54, 1.807) is 6.92 Å². The summed E-state index contributed by atoms with van der Waals surface area (Å²) in [5, 5.41) is 10.9. The quantitative estimate of drug-likeness (QED) is 0.438. The Labute approximate surface area is 145 Å². The predicted octanol–water partition coefficient (Wildman–Crippen LogP) is 3.16. The van der Waals surface area contributed by atoms with E-state index in [1.807, 2.05) is 0 Å². The second kappa shape index (κ2) is 7.42. The molecular weight excluding hydrogens is 359 g/mol. The van der Waals surface area contributed by atoms with Crippen molar-refractivity contribution in [3.05, 3.63) is 51.5 Å². The highest BCUT2D eigenvalue weighted by atomic mass is 19.4. The molecule has 8 nitrogen and oxygen atoms in total. The first-order valence-electron chi connectivity index (χ1n) is 7.28. The van der Waals surface area contributed by atoms with E-state index in [0.29, 0.717) is 5.82 Å². The van der Waals surface area contributed by atoms with Crippen LogP contribution in [0.15, 0.2) is 24.4 Å². The average molecular weight is 373 g/mol. The van der Waals surface area contributed by atoms with E-state index in [9.17, 15) is 28.1 Å². The number of alkyl halides is 3. The van der Waals surface area contributed by atoms with Crippen LogP contribution in [0, 0.1) is 24.0 Å². The number of hydrogen-bond acceptors (Lipinski definition) is 6. The van der Waals surface area contributed by atoms with Crippen molar-refractivity contribution in [3.8, 4) is 5.75 Å². The van der Waals surface area contributed by atoms with Crippen molar-refractivity contribution < 1.29 is 32.4 Å². The molecule has 0 atom stereocenters. The van der Waals surface area contributed by atoms with Gasteiger partial charge in [-0.05, 0) is 29.5 Å². The molecule has 0 aliphatic carbocycles. The van der Waals surface area contributed by atoms with Crippen LogP contribution in [0.1, 0.15) is 21.7 Å². The summed E-state index contributed by atoms with van der Waals surface area (Å²) < 4.78 is 47.1. The Kier molecular flexibility index (Phi) is 5.48. The molecule has 0 fully saturated rings. The molecule has 11 heteroatoms. The normalized spacial score (nSPS) is 11.3. The van der Waals surface area contributed by atoms with E-state index in [4.69, 9.17) is 4.74 Å². The summed E-state index contributed by atoms with van der Waals surface area (Å²) in [5.41, 5.74) is 0.0650. The molecule has 1 aromatic heterocycles. The van der Waals surface area contributed by atoms with Gasteiger partial charge in [0.05, 0.1) is 5.56 Å². The molecule has 0 radical (unpaired) electrons. The van der Waals surface area contributed by atoms with Gasteiger partial charge >= 0.3 is 18.1 Å². The van der Waals surface area contributed by atoms with Crippen molar-refractivity contribution in [2.24, 2.45) is 0 Å². The molecule has 2 aromatic rings. The monoisotopic (exact) mass is 373 g/mol. The molecule has 0 aliphatic heterocycles. The highest BCUT2D eigenvalue weighted by Gasteiger charge is 2.32. The number of aromatic nitrogens is 2. The molecule has 0 aliphatic rings. The SMILES string of the molecule is Cc1ccc(C(=O)OCCn2c([N+](=O)[O-])cnc2C)cc1OC(F)(F)F. The molecule has 1 aromatic carbocycles. The standard InChI is InChI=1S/C15H14F3N3O5/c1-9-3-4-11(7-12(9)26-15(16,17)18)14(22)25-6-5-20-10(2)19-8-13(20)21(23)24/h3-4,7-8H,5-6H2,1-2H3. The molecule has 0 saturated heterocycles. The molecule has 26 heavy (non-hydrogen) atoms. The fraction of sp³-hybridized carbons (Fsp3) is 0.333. The summed E-state index contributed by atoms with van der Waals surface area (Å²) in [6.07, 6.45) is -3.80. The summed E-state index contributed by atoms with van der Waals surface area (Å²) in [5.74, 6) is -1.27. The van der Waals surface area contributed by atoms with Gasteiger partial charge in [-0.25, -0.2) is 14.3 Å². The number of imidazole rings is 1. The van der Waals surface area contributed by atoms with E-state index < -0.39 is 23.0 Å². The largest absolute Gasteiger partial charge is 0.573 e. The number of esters is 1. The molecule has 2 rings (SSSR count). The van der Waals surface area contributed by atoms with Crippen molar-refractivity contribution in [1.29, 1.82) is 0 Å². The maximum absolute atomic E-state index is 12.4. The molecular formula is C15H14F3N3O5. The van der Waals surface area contributed by atoms with Crippen molar-refractivity contribution >= 4 is 11.8 Å². The van der Waals surface area contributed by atoms with Gasteiger partial charge in [-0.2, -0.15) is 0 Å². The zero-order valence-electron chi connectivity index (χ0n) is 13.7. The molecule has 0 spiro atoms. The number of halogens is 3. The number of nitrogens with zero attached hydrogens (tertiary/aromatic N) is 3. The Bertz CT molecular complexity index is 832. The Morgan fingerprint density at radius 2 is 2.04 bits per heavy atom. The first kappa shape index (κ1) is 19.2. The van der Waals surface area contributed by atoms with E-state index in [2.05, 4.69) is 9.72 Å². The topological polar surface area (TPSA) is 96.5 Å².